The van der Waals surface area contributed by atoms with Crippen LogP contribution in [0.25, 0.3) is 6.08 Å². The van der Waals surface area contributed by atoms with Crippen molar-refractivity contribution >= 4 is 6.08 Å². The topological polar surface area (TPSA) is 86.3 Å². The quantitative estimate of drug-likeness (QED) is 0.607. The van der Waals surface area contributed by atoms with Gasteiger partial charge in [0.2, 0.25) is 11.7 Å². The third-order valence-corrected chi connectivity index (χ3v) is 3.20. The Labute approximate surface area is 140 Å². The van der Waals surface area contributed by atoms with Crippen LogP contribution < -0.4 is 0 Å². The molecular formula is C18H20N2O4. The second-order valence-electron chi connectivity index (χ2n) is 5.28. The fraction of sp³-hybridized carbons (Fsp3) is 0.222. The summed E-state index contributed by atoms with van der Waals surface area (Å²) in [4.78, 5) is 19.9. The average molecular weight is 328 g/mol. The van der Waals surface area contributed by atoms with Crippen molar-refractivity contribution in [3.63, 3.8) is 0 Å². The van der Waals surface area contributed by atoms with Crippen LogP contribution in [0.1, 0.15) is 25.0 Å². The second-order valence-corrected chi connectivity index (χ2v) is 5.28. The summed E-state index contributed by atoms with van der Waals surface area (Å²) in [5.41, 5.74) is 2.02. The fourth-order valence-electron chi connectivity index (χ4n) is 1.87. The first kappa shape index (κ1) is 19.0. The molecule has 0 radical (unpaired) electrons. The summed E-state index contributed by atoms with van der Waals surface area (Å²) in [6.45, 7) is 3.10. The lowest BCUT2D eigenvalue weighted by Gasteiger charge is -2.02. The van der Waals surface area contributed by atoms with E-state index in [1.807, 2.05) is 60.7 Å². The maximum absolute atomic E-state index is 10.3. The van der Waals surface area contributed by atoms with Gasteiger partial charge in [-0.25, -0.2) is 0 Å². The summed E-state index contributed by atoms with van der Waals surface area (Å²) in [6.07, 6.45) is 2.05. The third kappa shape index (κ3) is 7.31. The van der Waals surface area contributed by atoms with Gasteiger partial charge >= 0.3 is 0 Å². The minimum absolute atomic E-state index is 0.154. The number of nitro groups is 2. The number of hydrogen-bond acceptors (Lipinski definition) is 4. The molecule has 0 aliphatic carbocycles. The van der Waals surface area contributed by atoms with Crippen LogP contribution in [-0.2, 0) is 6.42 Å². The van der Waals surface area contributed by atoms with Gasteiger partial charge < -0.3 is 0 Å². The highest BCUT2D eigenvalue weighted by Crippen LogP contribution is 2.06. The molecule has 2 aromatic carbocycles. The Balaban J connectivity index is 0.000000240. The minimum Gasteiger partial charge on any atom is -0.264 e. The zero-order chi connectivity index (χ0) is 17.9. The Morgan fingerprint density at radius 2 is 1.50 bits per heavy atom. The van der Waals surface area contributed by atoms with Crippen molar-refractivity contribution in [1.29, 1.82) is 0 Å². The lowest BCUT2D eigenvalue weighted by Crippen LogP contribution is -2.17. The normalized spacial score (nSPS) is 11.8. The van der Waals surface area contributed by atoms with Crippen molar-refractivity contribution in [2.24, 2.45) is 0 Å². The molecule has 2 aromatic rings. The van der Waals surface area contributed by atoms with Crippen LogP contribution in [0.15, 0.2) is 66.4 Å². The highest BCUT2D eigenvalue weighted by molar-refractivity contribution is 5.50. The molecule has 126 valence electrons. The smallest absolute Gasteiger partial charge is 0.243 e. The Kier molecular flexibility index (Phi) is 7.84. The van der Waals surface area contributed by atoms with Crippen LogP contribution >= 0.6 is 0 Å². The first-order valence-electron chi connectivity index (χ1n) is 7.45. The molecule has 0 bridgehead atoms. The molecule has 2 rings (SSSR count). The van der Waals surface area contributed by atoms with Crippen molar-refractivity contribution in [2.75, 3.05) is 0 Å². The highest BCUT2D eigenvalue weighted by atomic mass is 16.6. The molecule has 6 nitrogen and oxygen atoms in total. The molecule has 0 spiro atoms. The molecule has 0 saturated carbocycles. The van der Waals surface area contributed by atoms with Crippen LogP contribution in [0, 0.1) is 20.2 Å². The van der Waals surface area contributed by atoms with E-state index >= 15 is 0 Å². The van der Waals surface area contributed by atoms with E-state index in [2.05, 4.69) is 0 Å². The summed E-state index contributed by atoms with van der Waals surface area (Å²) >= 11 is 0. The predicted octanol–water partition coefficient (Wildman–Crippen LogP) is 4.22. The van der Waals surface area contributed by atoms with Gasteiger partial charge in [-0.1, -0.05) is 60.7 Å². The molecule has 0 amide bonds. The van der Waals surface area contributed by atoms with Crippen LogP contribution in [0.4, 0.5) is 0 Å². The van der Waals surface area contributed by atoms with E-state index in [4.69, 9.17) is 0 Å². The molecule has 0 aromatic heterocycles. The predicted molar refractivity (Wildman–Crippen MR) is 93.7 cm³/mol. The van der Waals surface area contributed by atoms with Gasteiger partial charge in [0.15, 0.2) is 0 Å². The lowest BCUT2D eigenvalue weighted by molar-refractivity contribution is -0.517. The zero-order valence-corrected chi connectivity index (χ0v) is 13.7. The van der Waals surface area contributed by atoms with E-state index in [9.17, 15) is 20.2 Å². The molecule has 0 N–H and O–H groups in total. The number of hydrogen-bond donors (Lipinski definition) is 0. The van der Waals surface area contributed by atoms with Crippen LogP contribution in [-0.4, -0.2) is 15.9 Å². The Morgan fingerprint density at radius 3 is 1.96 bits per heavy atom. The largest absolute Gasteiger partial charge is 0.264 e. The summed E-state index contributed by atoms with van der Waals surface area (Å²) in [5.74, 6) is 0. The molecule has 0 saturated heterocycles. The number of rotatable bonds is 5. The monoisotopic (exact) mass is 328 g/mol. The molecule has 0 aliphatic heterocycles. The van der Waals surface area contributed by atoms with E-state index in [-0.39, 0.29) is 10.6 Å². The van der Waals surface area contributed by atoms with Crippen LogP contribution in [0.3, 0.4) is 0 Å². The van der Waals surface area contributed by atoms with Gasteiger partial charge in [0.1, 0.15) is 0 Å². The SMILES string of the molecule is C/C(=C\c1ccccc1)[N+](=O)[O-].CC(Cc1ccccc1)[N+](=O)[O-]. The molecule has 1 unspecified atom stereocenters. The van der Waals surface area contributed by atoms with Crippen LogP contribution in [0.2, 0.25) is 0 Å². The average Bonchev–Trinajstić information content (AvgIpc) is 2.57. The van der Waals surface area contributed by atoms with Crippen LogP contribution in [0.5, 0.6) is 0 Å². The van der Waals surface area contributed by atoms with Gasteiger partial charge in [0.05, 0.1) is 4.92 Å². The first-order chi connectivity index (χ1) is 11.4. The maximum Gasteiger partial charge on any atom is 0.243 e. The maximum atomic E-state index is 10.3. The van der Waals surface area contributed by atoms with Gasteiger partial charge in [-0.2, -0.15) is 0 Å². The van der Waals surface area contributed by atoms with Gasteiger partial charge in [0, 0.05) is 31.3 Å². The van der Waals surface area contributed by atoms with Crippen molar-refractivity contribution in [3.8, 4) is 0 Å². The van der Waals surface area contributed by atoms with Gasteiger partial charge in [-0.15, -0.1) is 0 Å². The van der Waals surface area contributed by atoms with Gasteiger partial charge in [-0.05, 0) is 11.1 Å². The lowest BCUT2D eigenvalue weighted by atomic mass is 10.1. The molecule has 0 aliphatic rings. The number of allylic oxidation sites excluding steroid dienone is 1. The Morgan fingerprint density at radius 1 is 1.00 bits per heavy atom. The standard InChI is InChI=1S/C9H11NO2.C9H9NO2/c2*1-8(10(11)12)7-9-5-3-2-4-6-9/h2-6,8H,7H2,1H3;2-7H,1H3/b;8-7+. The number of benzene rings is 2. The highest BCUT2D eigenvalue weighted by Gasteiger charge is 2.12. The summed E-state index contributed by atoms with van der Waals surface area (Å²) in [5, 5.41) is 20.6. The first-order valence-corrected chi connectivity index (χ1v) is 7.45. The fourth-order valence-corrected chi connectivity index (χ4v) is 1.87. The third-order valence-electron chi connectivity index (χ3n) is 3.20. The summed E-state index contributed by atoms with van der Waals surface area (Å²) < 4.78 is 0. The van der Waals surface area contributed by atoms with E-state index in [1.54, 1.807) is 13.0 Å². The van der Waals surface area contributed by atoms with Gasteiger partial charge in [-0.3, -0.25) is 20.2 Å². The molecule has 0 fully saturated rings. The van der Waals surface area contributed by atoms with E-state index in [0.29, 0.717) is 6.42 Å². The molecule has 6 heteroatoms. The Bertz CT molecular complexity index is 685. The van der Waals surface area contributed by atoms with E-state index < -0.39 is 11.0 Å². The molecule has 0 heterocycles. The summed E-state index contributed by atoms with van der Waals surface area (Å²) in [7, 11) is 0. The molecular weight excluding hydrogens is 308 g/mol. The van der Waals surface area contributed by atoms with E-state index in [1.165, 1.54) is 6.92 Å². The molecule has 24 heavy (non-hydrogen) atoms. The van der Waals surface area contributed by atoms with Crippen molar-refractivity contribution in [2.45, 2.75) is 26.3 Å². The number of nitrogens with zero attached hydrogens (tertiary/aromatic N) is 2. The van der Waals surface area contributed by atoms with Crippen molar-refractivity contribution in [1.82, 2.24) is 0 Å². The second kappa shape index (κ2) is 9.89. The summed E-state index contributed by atoms with van der Waals surface area (Å²) in [6, 6.07) is 18.2. The van der Waals surface area contributed by atoms with E-state index in [0.717, 1.165) is 11.1 Å². The van der Waals surface area contributed by atoms with Gasteiger partial charge in [0.25, 0.3) is 0 Å². The Hall–Kier alpha value is -3.02. The molecule has 1 atom stereocenters. The minimum atomic E-state index is -0.493. The van der Waals surface area contributed by atoms with Crippen molar-refractivity contribution in [3.05, 3.63) is 97.7 Å². The van der Waals surface area contributed by atoms with Crippen molar-refractivity contribution < 1.29 is 9.85 Å². The zero-order valence-electron chi connectivity index (χ0n) is 13.7.